The Balaban J connectivity index is 1.96. The van der Waals surface area contributed by atoms with Gasteiger partial charge < -0.3 is 20.7 Å². The van der Waals surface area contributed by atoms with E-state index in [1.807, 2.05) is 40.7 Å². The molecule has 0 bridgehead atoms. The molecule has 28 heavy (non-hydrogen) atoms. The minimum atomic E-state index is -0.363. The van der Waals surface area contributed by atoms with E-state index in [-0.39, 0.29) is 29.8 Å². The molecule has 1 aliphatic carbocycles. The van der Waals surface area contributed by atoms with Crippen molar-refractivity contribution in [3.63, 3.8) is 0 Å². The van der Waals surface area contributed by atoms with Gasteiger partial charge in [-0.05, 0) is 71.1 Å². The lowest BCUT2D eigenvalue weighted by atomic mass is 10.1. The van der Waals surface area contributed by atoms with Gasteiger partial charge in [-0.25, -0.2) is 9.38 Å². The minimum absolute atomic E-state index is 0.0155. The summed E-state index contributed by atoms with van der Waals surface area (Å²) in [6.45, 7) is 10.9. The van der Waals surface area contributed by atoms with Crippen LogP contribution in [0.4, 0.5) is 4.39 Å². The molecular weight excluding hydrogens is 359 g/mol. The third-order valence-electron chi connectivity index (χ3n) is 4.22. The van der Waals surface area contributed by atoms with Crippen molar-refractivity contribution in [2.24, 2.45) is 10.9 Å². The molecule has 0 saturated heterocycles. The van der Waals surface area contributed by atoms with Gasteiger partial charge in [0.05, 0.1) is 12.6 Å². The summed E-state index contributed by atoms with van der Waals surface area (Å²) in [6, 6.07) is 4.82. The lowest BCUT2D eigenvalue weighted by Crippen LogP contribution is -2.43. The second-order valence-electron chi connectivity index (χ2n) is 8.30. The van der Waals surface area contributed by atoms with Gasteiger partial charge in [0.1, 0.15) is 6.54 Å². The van der Waals surface area contributed by atoms with Crippen LogP contribution in [0, 0.1) is 11.7 Å². The molecule has 156 valence electrons. The minimum Gasteiger partial charge on any atom is -0.490 e. The zero-order chi connectivity index (χ0) is 20.7. The predicted molar refractivity (Wildman–Crippen MR) is 110 cm³/mol. The van der Waals surface area contributed by atoms with Crippen molar-refractivity contribution in [2.75, 3.05) is 19.7 Å². The average molecular weight is 393 g/mol. The van der Waals surface area contributed by atoms with Gasteiger partial charge in [0.15, 0.2) is 17.5 Å². The number of aliphatic imine (C=N–C) groups is 1. The molecular formula is C21H33FN4O2. The van der Waals surface area contributed by atoms with Crippen molar-refractivity contribution < 1.29 is 13.9 Å². The molecule has 0 aliphatic heterocycles. The first-order chi connectivity index (χ1) is 13.2. The summed E-state index contributed by atoms with van der Waals surface area (Å²) in [6.07, 6.45) is 2.34. The molecule has 1 unspecified atom stereocenters. The second kappa shape index (κ2) is 9.75. The van der Waals surface area contributed by atoms with Crippen LogP contribution in [0.25, 0.3) is 0 Å². The van der Waals surface area contributed by atoms with Gasteiger partial charge in [0.25, 0.3) is 0 Å². The highest BCUT2D eigenvalue weighted by Gasteiger charge is 2.22. The van der Waals surface area contributed by atoms with Crippen LogP contribution in [0.3, 0.4) is 0 Å². The van der Waals surface area contributed by atoms with E-state index < -0.39 is 0 Å². The highest BCUT2D eigenvalue weighted by molar-refractivity contribution is 5.85. The molecule has 0 heterocycles. The molecule has 1 saturated carbocycles. The zero-order valence-corrected chi connectivity index (χ0v) is 17.6. The van der Waals surface area contributed by atoms with Crippen LogP contribution in [0.15, 0.2) is 23.2 Å². The first kappa shape index (κ1) is 22.0. The molecule has 1 aromatic carbocycles. The smallest absolute Gasteiger partial charge is 0.242 e. The zero-order valence-electron chi connectivity index (χ0n) is 17.6. The first-order valence-corrected chi connectivity index (χ1v) is 9.96. The maximum absolute atomic E-state index is 14.3. The summed E-state index contributed by atoms with van der Waals surface area (Å²) in [5.41, 5.74) is 0.480. The van der Waals surface area contributed by atoms with E-state index in [2.05, 4.69) is 20.9 Å². The van der Waals surface area contributed by atoms with Gasteiger partial charge in [-0.2, -0.15) is 0 Å². The maximum atomic E-state index is 14.3. The summed E-state index contributed by atoms with van der Waals surface area (Å²) in [5, 5.41) is 9.19. The Morgan fingerprint density at radius 1 is 1.36 bits per heavy atom. The summed E-state index contributed by atoms with van der Waals surface area (Å²) in [4.78, 5) is 16.3. The van der Waals surface area contributed by atoms with E-state index >= 15 is 0 Å². The fraction of sp³-hybridized carbons (Fsp3) is 0.619. The summed E-state index contributed by atoms with van der Waals surface area (Å²) < 4.78 is 19.9. The summed E-state index contributed by atoms with van der Waals surface area (Å²) in [5.74, 6) is 0.865. The number of halogens is 1. The highest BCUT2D eigenvalue weighted by atomic mass is 19.1. The Hall–Kier alpha value is -2.31. The van der Waals surface area contributed by atoms with Crippen LogP contribution < -0.4 is 20.7 Å². The molecule has 6 nitrogen and oxygen atoms in total. The van der Waals surface area contributed by atoms with Gasteiger partial charge in [-0.1, -0.05) is 6.07 Å². The van der Waals surface area contributed by atoms with Gasteiger partial charge in [-0.15, -0.1) is 0 Å². The number of carbonyl (C=O) groups excluding carboxylic acids is 1. The number of rotatable bonds is 8. The molecule has 0 radical (unpaired) electrons. The Kier molecular flexibility index (Phi) is 7.66. The van der Waals surface area contributed by atoms with E-state index in [0.717, 1.165) is 5.56 Å². The first-order valence-electron chi connectivity index (χ1n) is 9.96. The van der Waals surface area contributed by atoms with Crippen molar-refractivity contribution in [3.05, 3.63) is 29.6 Å². The number of hydrogen-bond donors (Lipinski definition) is 3. The number of nitrogens with zero attached hydrogens (tertiary/aromatic N) is 1. The van der Waals surface area contributed by atoms with Crippen LogP contribution in [0.5, 0.6) is 5.75 Å². The maximum Gasteiger partial charge on any atom is 0.242 e. The fourth-order valence-electron chi connectivity index (χ4n) is 2.61. The predicted octanol–water partition coefficient (Wildman–Crippen LogP) is 3.15. The fourth-order valence-corrected chi connectivity index (χ4v) is 2.61. The van der Waals surface area contributed by atoms with E-state index in [1.54, 1.807) is 6.07 Å². The third kappa shape index (κ3) is 7.74. The van der Waals surface area contributed by atoms with Crippen LogP contribution >= 0.6 is 0 Å². The van der Waals surface area contributed by atoms with Crippen molar-refractivity contribution in [2.45, 2.75) is 59.0 Å². The quantitative estimate of drug-likeness (QED) is 0.469. The molecule has 1 aliphatic rings. The van der Waals surface area contributed by atoms with Crippen LogP contribution in [-0.4, -0.2) is 37.1 Å². The number of nitrogens with one attached hydrogen (secondary N) is 3. The number of benzene rings is 1. The standard InChI is InChI=1S/C21H33FN4O2/c1-6-23-20(24-12-19(27)26-21(3,4)5)25-14(2)16-9-10-18(17(22)11-16)28-13-15-7-8-15/h9-11,14-15H,6-8,12-13H2,1-5H3,(H,26,27)(H2,23,24,25). The number of carbonyl (C=O) groups is 1. The Morgan fingerprint density at radius 3 is 2.64 bits per heavy atom. The van der Waals surface area contributed by atoms with Crippen LogP contribution in [0.2, 0.25) is 0 Å². The lowest BCUT2D eigenvalue weighted by Gasteiger charge is -2.21. The summed E-state index contributed by atoms with van der Waals surface area (Å²) in [7, 11) is 0. The molecule has 7 heteroatoms. The van der Waals surface area contributed by atoms with E-state index in [0.29, 0.717) is 30.8 Å². The van der Waals surface area contributed by atoms with Crippen molar-refractivity contribution in [1.29, 1.82) is 0 Å². The van der Waals surface area contributed by atoms with Gasteiger partial charge in [-0.3, -0.25) is 4.79 Å². The van der Waals surface area contributed by atoms with Crippen LogP contribution in [0.1, 0.15) is 59.1 Å². The van der Waals surface area contributed by atoms with Crippen molar-refractivity contribution >= 4 is 11.9 Å². The van der Waals surface area contributed by atoms with Gasteiger partial charge >= 0.3 is 0 Å². The highest BCUT2D eigenvalue weighted by Crippen LogP contribution is 2.30. The number of guanidine groups is 1. The van der Waals surface area contributed by atoms with Gasteiger partial charge in [0.2, 0.25) is 5.91 Å². The Bertz CT molecular complexity index is 696. The van der Waals surface area contributed by atoms with Gasteiger partial charge in [0, 0.05) is 12.1 Å². The monoisotopic (exact) mass is 392 g/mol. The average Bonchev–Trinajstić information content (AvgIpc) is 3.41. The van der Waals surface area contributed by atoms with Crippen LogP contribution in [-0.2, 0) is 4.79 Å². The lowest BCUT2D eigenvalue weighted by molar-refractivity contribution is -0.121. The summed E-state index contributed by atoms with van der Waals surface area (Å²) >= 11 is 0. The van der Waals surface area contributed by atoms with E-state index in [4.69, 9.17) is 4.74 Å². The molecule has 0 spiro atoms. The number of amides is 1. The molecule has 1 aromatic rings. The Labute approximate surface area is 167 Å². The molecule has 2 rings (SSSR count). The van der Waals surface area contributed by atoms with Crippen molar-refractivity contribution in [3.8, 4) is 5.75 Å². The van der Waals surface area contributed by atoms with Crippen molar-refractivity contribution in [1.82, 2.24) is 16.0 Å². The molecule has 3 N–H and O–H groups in total. The van der Waals surface area contributed by atoms with E-state index in [9.17, 15) is 9.18 Å². The largest absolute Gasteiger partial charge is 0.490 e. The normalized spacial score (nSPS) is 15.7. The topological polar surface area (TPSA) is 74.8 Å². The molecule has 1 amide bonds. The second-order valence-corrected chi connectivity index (χ2v) is 8.30. The number of ether oxygens (including phenoxy) is 1. The SMILES string of the molecule is CCNC(=NCC(=O)NC(C)(C)C)NC(C)c1ccc(OCC2CC2)c(F)c1. The Morgan fingerprint density at radius 2 is 2.07 bits per heavy atom. The number of hydrogen-bond acceptors (Lipinski definition) is 3. The molecule has 1 fully saturated rings. The molecule has 0 aromatic heterocycles. The molecule has 1 atom stereocenters. The third-order valence-corrected chi connectivity index (χ3v) is 4.22. The van der Waals surface area contributed by atoms with E-state index in [1.165, 1.54) is 18.9 Å².